The van der Waals surface area contributed by atoms with Gasteiger partial charge in [-0.1, -0.05) is 11.6 Å². The highest BCUT2D eigenvalue weighted by Crippen LogP contribution is 2.14. The molecule has 0 saturated carbocycles. The van der Waals surface area contributed by atoms with Gasteiger partial charge in [0.1, 0.15) is 0 Å². The van der Waals surface area contributed by atoms with Crippen LogP contribution in [0.2, 0.25) is 5.02 Å². The normalized spacial score (nSPS) is 13.4. The molecule has 0 aromatic carbocycles. The van der Waals surface area contributed by atoms with Crippen molar-refractivity contribution in [3.05, 3.63) is 23.0 Å². The average Bonchev–Trinajstić information content (AvgIpc) is 2.74. The van der Waals surface area contributed by atoms with Crippen molar-refractivity contribution in [1.82, 2.24) is 14.8 Å². The zero-order valence-electron chi connectivity index (χ0n) is 15.4. The molecule has 0 radical (unpaired) electrons. The molecule has 140 valence electrons. The van der Waals surface area contributed by atoms with Crippen LogP contribution >= 0.6 is 35.6 Å². The molecule has 0 aliphatic heterocycles. The van der Waals surface area contributed by atoms with Crippen LogP contribution in [0, 0.1) is 0 Å². The lowest BCUT2D eigenvalue weighted by Gasteiger charge is -2.22. The van der Waals surface area contributed by atoms with E-state index < -0.39 is 10.8 Å². The molecule has 0 aliphatic carbocycles. The predicted molar refractivity (Wildman–Crippen MR) is 116 cm³/mol. The molecule has 1 atom stereocenters. The van der Waals surface area contributed by atoms with Crippen molar-refractivity contribution in [2.24, 2.45) is 12.0 Å². The third-order valence-electron chi connectivity index (χ3n) is 3.39. The van der Waals surface area contributed by atoms with Gasteiger partial charge >= 0.3 is 0 Å². The van der Waals surface area contributed by atoms with Gasteiger partial charge < -0.3 is 14.8 Å². The summed E-state index contributed by atoms with van der Waals surface area (Å²) in [5, 5.41) is 4.01. The summed E-state index contributed by atoms with van der Waals surface area (Å²) in [6.07, 6.45) is 1.89. The summed E-state index contributed by atoms with van der Waals surface area (Å²) in [7, 11) is 3.08. The smallest absolute Gasteiger partial charge is 0.194 e. The fraction of sp³-hybridized carbons (Fsp3) is 0.688. The Morgan fingerprint density at radius 1 is 1.46 bits per heavy atom. The summed E-state index contributed by atoms with van der Waals surface area (Å²) in [4.78, 5) is 6.65. The highest BCUT2D eigenvalue weighted by atomic mass is 127. The molecular weight excluding hydrogens is 459 g/mol. The maximum absolute atomic E-state index is 12.1. The molecule has 0 bridgehead atoms. The van der Waals surface area contributed by atoms with Crippen LogP contribution in [-0.4, -0.2) is 50.3 Å². The number of hydrogen-bond donors (Lipinski definition) is 1. The lowest BCUT2D eigenvalue weighted by molar-refractivity contribution is 0.462. The molecule has 5 nitrogen and oxygen atoms in total. The minimum Gasteiger partial charge on any atom is -0.357 e. The van der Waals surface area contributed by atoms with E-state index in [9.17, 15) is 4.21 Å². The zero-order valence-corrected chi connectivity index (χ0v) is 19.3. The van der Waals surface area contributed by atoms with Gasteiger partial charge in [0.05, 0.1) is 18.1 Å². The average molecular weight is 489 g/mol. The molecular formula is C16H30ClIN4OS. The van der Waals surface area contributed by atoms with Gasteiger partial charge in [0.2, 0.25) is 0 Å². The fourth-order valence-corrected chi connectivity index (χ4v) is 3.19. The molecule has 0 spiro atoms. The quantitative estimate of drug-likeness (QED) is 0.380. The Balaban J connectivity index is 0.00000529. The molecule has 1 N–H and O–H groups in total. The second kappa shape index (κ2) is 10.7. The Bertz CT molecular complexity index is 569. The van der Waals surface area contributed by atoms with Gasteiger partial charge in [-0.25, -0.2) is 0 Å². The Morgan fingerprint density at radius 3 is 2.54 bits per heavy atom. The van der Waals surface area contributed by atoms with E-state index in [4.69, 9.17) is 11.6 Å². The van der Waals surface area contributed by atoms with Gasteiger partial charge in [-0.15, -0.1) is 24.0 Å². The number of aryl methyl sites for hydroxylation is 1. The van der Waals surface area contributed by atoms with E-state index in [1.807, 2.05) is 58.6 Å². The Hall–Kier alpha value is -0.280. The van der Waals surface area contributed by atoms with Crippen LogP contribution in [0.15, 0.2) is 17.3 Å². The van der Waals surface area contributed by atoms with Crippen LogP contribution in [-0.2, 0) is 24.4 Å². The lowest BCUT2D eigenvalue weighted by atomic mass is 10.3. The van der Waals surface area contributed by atoms with Gasteiger partial charge in [0.15, 0.2) is 5.96 Å². The van der Waals surface area contributed by atoms with Crippen molar-refractivity contribution in [2.75, 3.05) is 25.9 Å². The molecule has 0 amide bonds. The van der Waals surface area contributed by atoms with Gasteiger partial charge in [0.25, 0.3) is 0 Å². The van der Waals surface area contributed by atoms with Crippen LogP contribution in [0.3, 0.4) is 0 Å². The molecule has 8 heteroatoms. The fourth-order valence-electron chi connectivity index (χ4n) is 2.05. The van der Waals surface area contributed by atoms with Crippen molar-refractivity contribution in [1.29, 1.82) is 0 Å². The Kier molecular flexibility index (Phi) is 10.5. The van der Waals surface area contributed by atoms with Crippen molar-refractivity contribution in [3.8, 4) is 0 Å². The molecule has 1 rings (SSSR count). The molecule has 1 unspecified atom stereocenters. The SMILES string of the molecule is CCNC(=NCCS(=O)C(C)(C)C)N(C)Cc1cc(Cl)cn1C.I. The number of rotatable bonds is 6. The summed E-state index contributed by atoms with van der Waals surface area (Å²) in [6, 6.07) is 1.95. The molecule has 0 fully saturated rings. The highest BCUT2D eigenvalue weighted by molar-refractivity contribution is 14.0. The third-order valence-corrected chi connectivity index (χ3v) is 5.52. The standard InChI is InChI=1S/C16H29ClN4OS.HI/c1-7-18-15(19-8-9-23(22)16(2,3)4)21(6)12-14-10-13(17)11-20(14)5;/h10-11H,7-9,12H2,1-6H3,(H,18,19);1H. The van der Waals surface area contributed by atoms with Crippen molar-refractivity contribution in [3.63, 3.8) is 0 Å². The van der Waals surface area contributed by atoms with Crippen LogP contribution in [0.1, 0.15) is 33.4 Å². The second-order valence-corrected chi connectivity index (χ2v) is 9.27. The minimum absolute atomic E-state index is 0. The summed E-state index contributed by atoms with van der Waals surface area (Å²) in [5.41, 5.74) is 1.11. The summed E-state index contributed by atoms with van der Waals surface area (Å²) >= 11 is 6.03. The van der Waals surface area contributed by atoms with Crippen LogP contribution < -0.4 is 5.32 Å². The van der Waals surface area contributed by atoms with E-state index in [-0.39, 0.29) is 28.7 Å². The van der Waals surface area contributed by atoms with E-state index in [0.717, 1.165) is 23.2 Å². The predicted octanol–water partition coefficient (Wildman–Crippen LogP) is 3.24. The van der Waals surface area contributed by atoms with Crippen LogP contribution in [0.5, 0.6) is 0 Å². The number of halogens is 2. The molecule has 0 saturated heterocycles. The Morgan fingerprint density at radius 2 is 2.08 bits per heavy atom. The third kappa shape index (κ3) is 7.74. The van der Waals surface area contributed by atoms with Gasteiger partial charge in [0, 0.05) is 53.8 Å². The maximum Gasteiger partial charge on any atom is 0.194 e. The zero-order chi connectivity index (χ0) is 17.6. The monoisotopic (exact) mass is 488 g/mol. The maximum atomic E-state index is 12.1. The first kappa shape index (κ1) is 23.7. The summed E-state index contributed by atoms with van der Waals surface area (Å²) < 4.78 is 13.9. The first-order valence-corrected chi connectivity index (χ1v) is 9.53. The summed E-state index contributed by atoms with van der Waals surface area (Å²) in [5.74, 6) is 1.39. The second-order valence-electron chi connectivity index (χ2n) is 6.51. The minimum atomic E-state index is -0.884. The van der Waals surface area contributed by atoms with Gasteiger partial charge in [-0.05, 0) is 33.8 Å². The van der Waals surface area contributed by atoms with Crippen molar-refractivity contribution < 1.29 is 4.21 Å². The highest BCUT2D eigenvalue weighted by Gasteiger charge is 2.18. The van der Waals surface area contributed by atoms with E-state index >= 15 is 0 Å². The van der Waals surface area contributed by atoms with Crippen LogP contribution in [0.4, 0.5) is 0 Å². The molecule has 1 aromatic heterocycles. The van der Waals surface area contributed by atoms with Crippen molar-refractivity contribution >= 4 is 52.3 Å². The number of hydrogen-bond acceptors (Lipinski definition) is 2. The number of nitrogens with one attached hydrogen (secondary N) is 1. The Labute approximate surface area is 170 Å². The molecule has 24 heavy (non-hydrogen) atoms. The number of nitrogens with zero attached hydrogens (tertiary/aromatic N) is 3. The van der Waals surface area contributed by atoms with Crippen LogP contribution in [0.25, 0.3) is 0 Å². The van der Waals surface area contributed by atoms with E-state index in [1.54, 1.807) is 0 Å². The van der Waals surface area contributed by atoms with Crippen molar-refractivity contribution in [2.45, 2.75) is 39.0 Å². The van der Waals surface area contributed by atoms with Gasteiger partial charge in [-0.2, -0.15) is 0 Å². The first-order chi connectivity index (χ1) is 10.6. The number of guanidine groups is 1. The number of aliphatic imine (C=N–C) groups is 1. The topological polar surface area (TPSA) is 49.6 Å². The van der Waals surface area contributed by atoms with Gasteiger partial charge in [-0.3, -0.25) is 9.20 Å². The van der Waals surface area contributed by atoms with E-state index in [1.165, 1.54) is 0 Å². The molecule has 1 heterocycles. The summed E-state index contributed by atoms with van der Waals surface area (Å²) in [6.45, 7) is 10.0. The molecule has 0 aliphatic rings. The molecule has 1 aromatic rings. The lowest BCUT2D eigenvalue weighted by Crippen LogP contribution is -2.39. The number of aromatic nitrogens is 1. The van der Waals surface area contributed by atoms with E-state index in [2.05, 4.69) is 15.2 Å². The first-order valence-electron chi connectivity index (χ1n) is 7.83. The van der Waals surface area contributed by atoms with E-state index in [0.29, 0.717) is 18.8 Å². The largest absolute Gasteiger partial charge is 0.357 e.